The number of aromatic hydroxyl groups is 1. The van der Waals surface area contributed by atoms with Gasteiger partial charge in [0.2, 0.25) is 5.95 Å². The van der Waals surface area contributed by atoms with Crippen molar-refractivity contribution in [2.45, 2.75) is 18.9 Å². The number of piperazine rings is 1. The van der Waals surface area contributed by atoms with Gasteiger partial charge in [0.1, 0.15) is 16.5 Å². The molecule has 0 bridgehead atoms. The van der Waals surface area contributed by atoms with Crippen LogP contribution in [0.3, 0.4) is 0 Å². The normalized spacial score (nSPS) is 16.4. The van der Waals surface area contributed by atoms with E-state index in [9.17, 15) is 9.90 Å². The summed E-state index contributed by atoms with van der Waals surface area (Å²) in [4.78, 5) is 27.8. The average Bonchev–Trinajstić information content (AvgIpc) is 3.07. The van der Waals surface area contributed by atoms with E-state index in [0.29, 0.717) is 46.1 Å². The van der Waals surface area contributed by atoms with Crippen molar-refractivity contribution < 1.29 is 14.6 Å². The maximum atomic E-state index is 11.3. The number of halogens is 1. The first-order valence-corrected chi connectivity index (χ1v) is 15.6. The molecular formula is C34H38ClN7O3. The number of methoxy groups -OCH3 is 1. The molecule has 45 heavy (non-hydrogen) atoms. The van der Waals surface area contributed by atoms with Crippen molar-refractivity contribution in [2.24, 2.45) is 0 Å². The fourth-order valence-electron chi connectivity index (χ4n) is 6.08. The topological polar surface area (TPSA) is 106 Å². The molecule has 2 saturated heterocycles. The van der Waals surface area contributed by atoms with Gasteiger partial charge in [0.15, 0.2) is 12.1 Å². The lowest BCUT2D eigenvalue weighted by Gasteiger charge is -2.42. The summed E-state index contributed by atoms with van der Waals surface area (Å²) in [5.41, 5.74) is 4.10. The highest BCUT2D eigenvalue weighted by Crippen LogP contribution is 2.36. The van der Waals surface area contributed by atoms with Gasteiger partial charge in [-0.25, -0.2) is 4.98 Å². The van der Waals surface area contributed by atoms with Crippen LogP contribution in [0.1, 0.15) is 23.2 Å². The van der Waals surface area contributed by atoms with Crippen molar-refractivity contribution >= 4 is 46.7 Å². The molecule has 3 N–H and O–H groups in total. The quantitative estimate of drug-likeness (QED) is 0.191. The van der Waals surface area contributed by atoms with Crippen molar-refractivity contribution in [2.75, 3.05) is 69.0 Å². The second kappa shape index (κ2) is 13.7. The molecule has 11 heteroatoms. The van der Waals surface area contributed by atoms with Gasteiger partial charge in [0.05, 0.1) is 24.6 Å². The molecule has 2 aliphatic heterocycles. The second-order valence-corrected chi connectivity index (χ2v) is 11.9. The highest BCUT2D eigenvalue weighted by Gasteiger charge is 2.27. The third kappa shape index (κ3) is 6.98. The third-order valence-electron chi connectivity index (χ3n) is 8.69. The number of para-hydroxylation sites is 1. The van der Waals surface area contributed by atoms with E-state index in [2.05, 4.69) is 54.5 Å². The van der Waals surface area contributed by atoms with E-state index < -0.39 is 0 Å². The first-order valence-electron chi connectivity index (χ1n) is 15.2. The fraction of sp³-hybridized carbons (Fsp3) is 0.324. The van der Waals surface area contributed by atoms with Crippen molar-refractivity contribution in [3.8, 4) is 22.6 Å². The Morgan fingerprint density at radius 3 is 2.51 bits per heavy atom. The van der Waals surface area contributed by atoms with Crippen LogP contribution in [0.15, 0.2) is 66.9 Å². The molecule has 1 aromatic heterocycles. The molecule has 2 aliphatic rings. The fourth-order valence-corrected chi connectivity index (χ4v) is 6.22. The molecule has 234 valence electrons. The van der Waals surface area contributed by atoms with Gasteiger partial charge >= 0.3 is 0 Å². The molecule has 0 unspecified atom stereocenters. The number of nitrogens with one attached hydrogen (secondary N) is 2. The maximum absolute atomic E-state index is 11.3. The van der Waals surface area contributed by atoms with Gasteiger partial charge in [-0.15, -0.1) is 0 Å². The number of phenolic OH excluding ortho intramolecular Hbond substituents is 1. The van der Waals surface area contributed by atoms with Gasteiger partial charge in [-0.05, 0) is 55.8 Å². The summed E-state index contributed by atoms with van der Waals surface area (Å²) in [6.07, 6.45) is 4.50. The van der Waals surface area contributed by atoms with Crippen molar-refractivity contribution in [1.82, 2.24) is 19.8 Å². The van der Waals surface area contributed by atoms with E-state index in [0.717, 1.165) is 69.0 Å². The van der Waals surface area contributed by atoms with Crippen molar-refractivity contribution in [3.63, 3.8) is 0 Å². The Hall–Kier alpha value is -4.38. The number of piperidine rings is 1. The van der Waals surface area contributed by atoms with Crippen LogP contribution >= 0.6 is 11.6 Å². The summed E-state index contributed by atoms with van der Waals surface area (Å²) in [5.74, 6) is 1.41. The number of hydrogen-bond donors (Lipinski definition) is 3. The zero-order chi connectivity index (χ0) is 31.3. The first kappa shape index (κ1) is 30.6. The highest BCUT2D eigenvalue weighted by molar-refractivity contribution is 6.32. The lowest BCUT2D eigenvalue weighted by Crippen LogP contribution is -2.52. The third-order valence-corrected chi connectivity index (χ3v) is 8.97. The minimum Gasteiger partial charge on any atom is -0.507 e. The Morgan fingerprint density at radius 1 is 0.978 bits per heavy atom. The SMILES string of the molecule is COc1cc(N2CCC(N3CCN(C)CC3)CC2)ccc1Nc1ncc(Cl)c(Nc2cccc(-c3cccc(C=O)c3O)c2)n1. The smallest absolute Gasteiger partial charge is 0.229 e. The maximum Gasteiger partial charge on any atom is 0.229 e. The van der Waals surface area contributed by atoms with E-state index in [1.807, 2.05) is 30.3 Å². The van der Waals surface area contributed by atoms with Gasteiger partial charge in [-0.3, -0.25) is 9.69 Å². The molecule has 6 rings (SSSR count). The van der Waals surface area contributed by atoms with Gasteiger partial charge in [-0.1, -0.05) is 35.9 Å². The number of ether oxygens (including phenoxy) is 1. The predicted molar refractivity (Wildman–Crippen MR) is 180 cm³/mol. The Kier molecular flexibility index (Phi) is 9.34. The predicted octanol–water partition coefficient (Wildman–Crippen LogP) is 6.03. The number of likely N-dealkylation sites (N-methyl/N-ethyl adjacent to an activating group) is 1. The van der Waals surface area contributed by atoms with Crippen LogP contribution in [-0.4, -0.2) is 90.6 Å². The number of carbonyl (C=O) groups is 1. The number of nitrogens with zero attached hydrogens (tertiary/aromatic N) is 5. The van der Waals surface area contributed by atoms with E-state index in [1.165, 1.54) is 6.20 Å². The molecular weight excluding hydrogens is 590 g/mol. The number of anilines is 5. The van der Waals surface area contributed by atoms with E-state index in [1.54, 1.807) is 25.3 Å². The highest BCUT2D eigenvalue weighted by atomic mass is 35.5. The van der Waals surface area contributed by atoms with Crippen molar-refractivity contribution in [3.05, 3.63) is 77.4 Å². The van der Waals surface area contributed by atoms with Crippen molar-refractivity contribution in [1.29, 1.82) is 0 Å². The average molecular weight is 628 g/mol. The lowest BCUT2D eigenvalue weighted by atomic mass is 10.0. The number of benzene rings is 3. The zero-order valence-corrected chi connectivity index (χ0v) is 26.3. The number of rotatable bonds is 9. The van der Waals surface area contributed by atoms with Crippen LogP contribution in [0.2, 0.25) is 5.02 Å². The van der Waals surface area contributed by atoms with Crippen LogP contribution in [0.4, 0.5) is 28.8 Å². The molecule has 0 spiro atoms. The number of carbonyl (C=O) groups excluding carboxylic acids is 1. The molecule has 4 aromatic rings. The second-order valence-electron chi connectivity index (χ2n) is 11.5. The van der Waals surface area contributed by atoms with Crippen LogP contribution in [0.25, 0.3) is 11.1 Å². The van der Waals surface area contributed by atoms with Crippen LogP contribution in [0.5, 0.6) is 11.5 Å². The number of aromatic nitrogens is 2. The zero-order valence-electron chi connectivity index (χ0n) is 25.5. The number of hydrogen-bond acceptors (Lipinski definition) is 10. The molecule has 10 nitrogen and oxygen atoms in total. The lowest BCUT2D eigenvalue weighted by molar-refractivity contribution is 0.0982. The molecule has 3 aromatic carbocycles. The molecule has 0 radical (unpaired) electrons. The largest absolute Gasteiger partial charge is 0.507 e. The molecule has 0 aliphatic carbocycles. The number of aldehydes is 1. The number of phenols is 1. The minimum atomic E-state index is -0.0636. The van der Waals surface area contributed by atoms with Crippen LogP contribution < -0.4 is 20.3 Å². The summed E-state index contributed by atoms with van der Waals surface area (Å²) in [6, 6.07) is 19.3. The summed E-state index contributed by atoms with van der Waals surface area (Å²) in [7, 11) is 3.86. The molecule has 0 amide bonds. The molecule has 0 atom stereocenters. The monoisotopic (exact) mass is 627 g/mol. The minimum absolute atomic E-state index is 0.0636. The van der Waals surface area contributed by atoms with Crippen LogP contribution in [-0.2, 0) is 0 Å². The summed E-state index contributed by atoms with van der Waals surface area (Å²) in [6.45, 7) is 6.66. The summed E-state index contributed by atoms with van der Waals surface area (Å²) >= 11 is 6.47. The Labute approximate surface area is 268 Å². The Bertz CT molecular complexity index is 1650. The summed E-state index contributed by atoms with van der Waals surface area (Å²) < 4.78 is 5.76. The van der Waals surface area contributed by atoms with E-state index in [-0.39, 0.29) is 11.3 Å². The van der Waals surface area contributed by atoms with Gasteiger partial charge in [0.25, 0.3) is 0 Å². The van der Waals surface area contributed by atoms with E-state index in [4.69, 9.17) is 16.3 Å². The molecule has 0 saturated carbocycles. The van der Waals surface area contributed by atoms with E-state index >= 15 is 0 Å². The summed E-state index contributed by atoms with van der Waals surface area (Å²) in [5, 5.41) is 17.4. The Morgan fingerprint density at radius 2 is 1.76 bits per heavy atom. The standard InChI is InChI=1S/C34H38ClN7O3/c1-40-15-17-42(18-16-40)26-11-13-41(14-12-26)27-9-10-30(31(20-27)45-2)38-34-36-21-29(35)33(39-34)37-25-7-3-5-23(19-25)28-8-4-6-24(22-43)32(28)44/h3-10,19-22,26,44H,11-18H2,1-2H3,(H2,36,37,38,39). The van der Waals surface area contributed by atoms with Gasteiger partial charge in [0, 0.05) is 68.3 Å². The Balaban J connectivity index is 1.13. The van der Waals surface area contributed by atoms with Gasteiger partial charge < -0.3 is 30.3 Å². The van der Waals surface area contributed by atoms with Crippen LogP contribution in [0, 0.1) is 0 Å². The van der Waals surface area contributed by atoms with Gasteiger partial charge in [-0.2, -0.15) is 4.98 Å². The molecule has 3 heterocycles. The first-order chi connectivity index (χ1) is 21.9. The molecule has 2 fully saturated rings.